The predicted molar refractivity (Wildman–Crippen MR) is 68.5 cm³/mol. The monoisotopic (exact) mass is 233 g/mol. The normalized spacial score (nSPS) is 11.4. The quantitative estimate of drug-likeness (QED) is 0.747. The van der Waals surface area contributed by atoms with Gasteiger partial charge in [0.05, 0.1) is 18.8 Å². The molecule has 0 unspecified atom stereocenters. The molecule has 0 aromatic carbocycles. The lowest BCUT2D eigenvalue weighted by Crippen LogP contribution is -2.05. The molecule has 2 rings (SSSR count). The molecule has 0 N–H and O–H groups in total. The lowest BCUT2D eigenvalue weighted by atomic mass is 10.4. The van der Waals surface area contributed by atoms with Crippen LogP contribution in [0, 0.1) is 13.8 Å². The first-order chi connectivity index (χ1) is 7.75. The highest BCUT2D eigenvalue weighted by Crippen LogP contribution is 2.05. The van der Waals surface area contributed by atoms with Gasteiger partial charge < -0.3 is 0 Å². The number of aliphatic imine (C=N–C) groups is 1. The Labute approximate surface area is 99.5 Å². The Kier molecular flexibility index (Phi) is 3.51. The smallest absolute Gasteiger partial charge is 0.0608 e. The molecule has 0 atom stereocenters. The highest BCUT2D eigenvalue weighted by atomic mass is 32.1. The summed E-state index contributed by atoms with van der Waals surface area (Å²) in [5.41, 5.74) is 2.27. The summed E-state index contributed by atoms with van der Waals surface area (Å²) >= 11 is 1.70. The average molecular weight is 233 g/mol. The van der Waals surface area contributed by atoms with Gasteiger partial charge in [0.2, 0.25) is 0 Å². The fourth-order valence-corrected chi connectivity index (χ4v) is 2.18. The Morgan fingerprint density at radius 1 is 1.50 bits per heavy atom. The van der Waals surface area contributed by atoms with E-state index in [4.69, 9.17) is 0 Å². The molecular formula is C12H15N3S. The molecule has 0 spiro atoms. The van der Waals surface area contributed by atoms with E-state index in [1.165, 1.54) is 10.6 Å². The van der Waals surface area contributed by atoms with Crippen molar-refractivity contribution in [1.29, 1.82) is 0 Å². The molecule has 0 radical (unpaired) electrons. The Balaban J connectivity index is 1.86. The third-order valence-corrected chi connectivity index (χ3v) is 3.11. The first kappa shape index (κ1) is 11.1. The van der Waals surface area contributed by atoms with E-state index in [-0.39, 0.29) is 0 Å². The number of nitrogens with zero attached hydrogens (tertiary/aromatic N) is 3. The van der Waals surface area contributed by atoms with Crippen LogP contribution in [0.2, 0.25) is 0 Å². The fourth-order valence-electron chi connectivity index (χ4n) is 1.57. The Morgan fingerprint density at radius 2 is 2.38 bits per heavy atom. The summed E-state index contributed by atoms with van der Waals surface area (Å²) in [6.45, 7) is 5.71. The second kappa shape index (κ2) is 5.07. The molecule has 4 heteroatoms. The molecule has 2 aromatic rings. The summed E-state index contributed by atoms with van der Waals surface area (Å²) in [5, 5.41) is 6.45. The third kappa shape index (κ3) is 2.79. The highest BCUT2D eigenvalue weighted by molar-refractivity contribution is 7.11. The molecule has 0 aliphatic rings. The van der Waals surface area contributed by atoms with Gasteiger partial charge >= 0.3 is 0 Å². The summed E-state index contributed by atoms with van der Waals surface area (Å²) in [6, 6.07) is 6.19. The molecule has 0 amide bonds. The maximum atomic E-state index is 4.39. The van der Waals surface area contributed by atoms with E-state index in [2.05, 4.69) is 34.5 Å². The van der Waals surface area contributed by atoms with Crippen molar-refractivity contribution in [2.75, 3.05) is 6.54 Å². The molecule has 2 aromatic heterocycles. The van der Waals surface area contributed by atoms with Crippen LogP contribution in [0.5, 0.6) is 0 Å². The minimum atomic E-state index is 0.778. The number of hydrogen-bond donors (Lipinski definition) is 0. The van der Waals surface area contributed by atoms with Crippen molar-refractivity contribution in [3.8, 4) is 0 Å². The van der Waals surface area contributed by atoms with Crippen LogP contribution in [-0.2, 0) is 6.54 Å². The van der Waals surface area contributed by atoms with Gasteiger partial charge in [-0.1, -0.05) is 6.07 Å². The van der Waals surface area contributed by atoms with E-state index in [9.17, 15) is 0 Å². The van der Waals surface area contributed by atoms with Crippen molar-refractivity contribution in [3.05, 3.63) is 39.8 Å². The average Bonchev–Trinajstić information content (AvgIpc) is 2.84. The van der Waals surface area contributed by atoms with E-state index in [1.54, 1.807) is 11.3 Å². The van der Waals surface area contributed by atoms with Crippen molar-refractivity contribution in [2.45, 2.75) is 20.4 Å². The molecule has 2 heterocycles. The Hall–Kier alpha value is -1.42. The van der Waals surface area contributed by atoms with Gasteiger partial charge in [-0.15, -0.1) is 11.3 Å². The first-order valence-corrected chi connectivity index (χ1v) is 6.18. The zero-order chi connectivity index (χ0) is 11.4. The fraction of sp³-hybridized carbons (Fsp3) is 0.333. The molecule has 0 fully saturated rings. The van der Waals surface area contributed by atoms with Crippen molar-refractivity contribution in [2.24, 2.45) is 4.99 Å². The van der Waals surface area contributed by atoms with E-state index >= 15 is 0 Å². The summed E-state index contributed by atoms with van der Waals surface area (Å²) in [6.07, 6.45) is 1.93. The molecule has 84 valence electrons. The number of aromatic nitrogens is 2. The van der Waals surface area contributed by atoms with Gasteiger partial charge in [0, 0.05) is 16.8 Å². The molecule has 0 saturated carbocycles. The third-order valence-electron chi connectivity index (χ3n) is 2.31. The molecular weight excluding hydrogens is 218 g/mol. The van der Waals surface area contributed by atoms with Crippen LogP contribution in [0.15, 0.2) is 28.6 Å². The largest absolute Gasteiger partial charge is 0.290 e. The molecule has 0 bridgehead atoms. The second-order valence-electron chi connectivity index (χ2n) is 3.70. The molecule has 0 aliphatic carbocycles. The van der Waals surface area contributed by atoms with Gasteiger partial charge in [0.1, 0.15) is 0 Å². The molecule has 0 saturated heterocycles. The molecule has 0 aliphatic heterocycles. The van der Waals surface area contributed by atoms with Crippen LogP contribution in [0.25, 0.3) is 0 Å². The van der Waals surface area contributed by atoms with Crippen LogP contribution < -0.4 is 0 Å². The Morgan fingerprint density at radius 3 is 3.00 bits per heavy atom. The van der Waals surface area contributed by atoms with E-state index in [0.717, 1.165) is 18.8 Å². The van der Waals surface area contributed by atoms with E-state index < -0.39 is 0 Å². The first-order valence-electron chi connectivity index (χ1n) is 5.30. The zero-order valence-electron chi connectivity index (χ0n) is 9.55. The number of thiophene rings is 1. The van der Waals surface area contributed by atoms with Crippen LogP contribution in [0.3, 0.4) is 0 Å². The van der Waals surface area contributed by atoms with Crippen molar-refractivity contribution < 1.29 is 0 Å². The lowest BCUT2D eigenvalue weighted by Gasteiger charge is -2.00. The minimum Gasteiger partial charge on any atom is -0.290 e. The van der Waals surface area contributed by atoms with Crippen molar-refractivity contribution in [1.82, 2.24) is 9.78 Å². The number of aryl methyl sites for hydroxylation is 2. The van der Waals surface area contributed by atoms with Gasteiger partial charge in [-0.3, -0.25) is 9.67 Å². The highest BCUT2D eigenvalue weighted by Gasteiger charge is 1.98. The van der Waals surface area contributed by atoms with Crippen LogP contribution in [0.4, 0.5) is 0 Å². The maximum absolute atomic E-state index is 4.39. The Bertz CT molecular complexity index is 468. The maximum Gasteiger partial charge on any atom is 0.0608 e. The second-order valence-corrected chi connectivity index (χ2v) is 4.68. The topological polar surface area (TPSA) is 30.2 Å². The van der Waals surface area contributed by atoms with E-state index in [1.807, 2.05) is 23.9 Å². The summed E-state index contributed by atoms with van der Waals surface area (Å²) in [5.74, 6) is 0. The molecule has 3 nitrogen and oxygen atoms in total. The number of hydrogen-bond acceptors (Lipinski definition) is 3. The van der Waals surface area contributed by atoms with Crippen LogP contribution >= 0.6 is 11.3 Å². The van der Waals surface area contributed by atoms with E-state index in [0.29, 0.717) is 0 Å². The SMILES string of the molecule is Cc1cc(C)n(CCN=Cc2cccs2)n1. The standard InChI is InChI=1S/C12H15N3S/c1-10-8-11(2)15(14-10)6-5-13-9-12-4-3-7-16-12/h3-4,7-9H,5-6H2,1-2H3. The van der Waals surface area contributed by atoms with Crippen molar-refractivity contribution >= 4 is 17.6 Å². The summed E-state index contributed by atoms with van der Waals surface area (Å²) in [7, 11) is 0. The minimum absolute atomic E-state index is 0.778. The van der Waals surface area contributed by atoms with Gasteiger partial charge in [-0.05, 0) is 31.4 Å². The van der Waals surface area contributed by atoms with Crippen LogP contribution in [0.1, 0.15) is 16.3 Å². The lowest BCUT2D eigenvalue weighted by molar-refractivity contribution is 0.605. The van der Waals surface area contributed by atoms with Gasteiger partial charge in [0.15, 0.2) is 0 Å². The predicted octanol–water partition coefficient (Wildman–Crippen LogP) is 2.68. The van der Waals surface area contributed by atoms with Gasteiger partial charge in [-0.2, -0.15) is 5.10 Å². The van der Waals surface area contributed by atoms with Gasteiger partial charge in [0.25, 0.3) is 0 Å². The molecule has 16 heavy (non-hydrogen) atoms. The number of rotatable bonds is 4. The van der Waals surface area contributed by atoms with Crippen molar-refractivity contribution in [3.63, 3.8) is 0 Å². The zero-order valence-corrected chi connectivity index (χ0v) is 10.4. The summed E-state index contributed by atoms with van der Waals surface area (Å²) < 4.78 is 2.00. The van der Waals surface area contributed by atoms with Crippen LogP contribution in [-0.4, -0.2) is 22.5 Å². The van der Waals surface area contributed by atoms with Gasteiger partial charge in [-0.25, -0.2) is 0 Å². The summed E-state index contributed by atoms with van der Waals surface area (Å²) in [4.78, 5) is 5.59.